The number of H-pyrrole nitrogens is 1. The highest BCUT2D eigenvalue weighted by Crippen LogP contribution is 2.10. The molecule has 0 fully saturated rings. The van der Waals surface area contributed by atoms with Gasteiger partial charge in [0.2, 0.25) is 11.8 Å². The van der Waals surface area contributed by atoms with Crippen LogP contribution in [0.3, 0.4) is 0 Å². The number of imidazole rings is 1. The molecule has 3 amide bonds. The van der Waals surface area contributed by atoms with Crippen molar-refractivity contribution in [1.82, 2.24) is 30.9 Å². The number of hydrogen-bond acceptors (Lipinski definition) is 7. The van der Waals surface area contributed by atoms with Crippen molar-refractivity contribution in [1.29, 1.82) is 0 Å². The molecule has 0 saturated carbocycles. The quantitative estimate of drug-likeness (QED) is 0.131. The number of pyridine rings is 1. The summed E-state index contributed by atoms with van der Waals surface area (Å²) in [5, 5.41) is 8.78. The first-order valence-electron chi connectivity index (χ1n) is 14.2. The van der Waals surface area contributed by atoms with Crippen LogP contribution in [0.4, 0.5) is 0 Å². The smallest absolute Gasteiger partial charge is 0.270 e. The Morgan fingerprint density at radius 2 is 1.69 bits per heavy atom. The minimum Gasteiger partial charge on any atom is -0.368 e. The van der Waals surface area contributed by atoms with Gasteiger partial charge in [-0.3, -0.25) is 14.4 Å². The predicted molar refractivity (Wildman–Crippen MR) is 152 cm³/mol. The highest BCUT2D eigenvalue weighted by atomic mass is 16.2. The largest absolute Gasteiger partial charge is 0.368 e. The summed E-state index contributed by atoms with van der Waals surface area (Å²) in [6.45, 7) is 3.30. The molecule has 11 heteroatoms. The number of carbonyl (C=O) groups is 3. The van der Waals surface area contributed by atoms with E-state index in [4.69, 9.17) is 11.5 Å². The first-order chi connectivity index (χ1) is 18.9. The van der Waals surface area contributed by atoms with Crippen molar-refractivity contribution in [3.63, 3.8) is 0 Å². The molecule has 11 nitrogen and oxygen atoms in total. The molecule has 216 valence electrons. The van der Waals surface area contributed by atoms with Crippen molar-refractivity contribution in [3.8, 4) is 0 Å². The van der Waals surface area contributed by atoms with Gasteiger partial charge in [0.25, 0.3) is 5.91 Å². The Balaban J connectivity index is 1.81. The third kappa shape index (κ3) is 13.4. The Labute approximate surface area is 231 Å². The SMILES string of the molecule is CCCCCCCCCCCCNC(=O)[C@H](Cc1cnc[nH]1)NC(=O)c1cccc(CNCC(N)C(N)=O)n1. The minimum atomic E-state index is -0.807. The number of unbranched alkanes of at least 4 members (excludes halogenated alkanes) is 9. The van der Waals surface area contributed by atoms with Crippen LogP contribution in [-0.2, 0) is 22.6 Å². The topological polar surface area (TPSA) is 181 Å². The van der Waals surface area contributed by atoms with E-state index >= 15 is 0 Å². The Hall–Kier alpha value is -3.31. The van der Waals surface area contributed by atoms with Gasteiger partial charge in [0.1, 0.15) is 11.7 Å². The molecule has 0 spiro atoms. The van der Waals surface area contributed by atoms with Gasteiger partial charge in [0, 0.05) is 37.9 Å². The Kier molecular flexibility index (Phi) is 15.4. The third-order valence-corrected chi connectivity index (χ3v) is 6.51. The van der Waals surface area contributed by atoms with Crippen molar-refractivity contribution in [3.05, 3.63) is 47.8 Å². The maximum atomic E-state index is 13.0. The summed E-state index contributed by atoms with van der Waals surface area (Å²) in [5.74, 6) is -1.30. The van der Waals surface area contributed by atoms with Gasteiger partial charge in [-0.15, -0.1) is 0 Å². The molecule has 0 aromatic carbocycles. The van der Waals surface area contributed by atoms with Crippen molar-refractivity contribution >= 4 is 17.7 Å². The average molecular weight is 543 g/mol. The van der Waals surface area contributed by atoms with Crippen molar-refractivity contribution in [2.75, 3.05) is 13.1 Å². The normalized spacial score (nSPS) is 12.6. The molecule has 2 aromatic heterocycles. The van der Waals surface area contributed by atoms with Crippen LogP contribution in [0, 0.1) is 0 Å². The highest BCUT2D eigenvalue weighted by Gasteiger charge is 2.23. The monoisotopic (exact) mass is 542 g/mol. The number of primary amides is 1. The van der Waals surface area contributed by atoms with Crippen LogP contribution < -0.4 is 27.4 Å². The van der Waals surface area contributed by atoms with E-state index in [1.165, 1.54) is 57.7 Å². The molecule has 0 saturated heterocycles. The number of aromatic amines is 1. The van der Waals surface area contributed by atoms with Crippen LogP contribution in [0.25, 0.3) is 0 Å². The summed E-state index contributed by atoms with van der Waals surface area (Å²) in [4.78, 5) is 48.4. The van der Waals surface area contributed by atoms with E-state index in [-0.39, 0.29) is 24.6 Å². The lowest BCUT2D eigenvalue weighted by Gasteiger charge is -2.18. The summed E-state index contributed by atoms with van der Waals surface area (Å²) >= 11 is 0. The molecular weight excluding hydrogens is 496 g/mol. The summed E-state index contributed by atoms with van der Waals surface area (Å²) in [6.07, 6.45) is 15.7. The second-order valence-corrected chi connectivity index (χ2v) is 9.93. The third-order valence-electron chi connectivity index (χ3n) is 6.51. The first kappa shape index (κ1) is 31.9. The molecule has 2 rings (SSSR count). The zero-order chi connectivity index (χ0) is 28.3. The Bertz CT molecular complexity index is 983. The standard InChI is InChI=1S/C28H46N8O3/c1-2-3-4-5-6-7-8-9-10-11-15-33-27(38)25(16-22-18-32-20-34-22)36-28(39)24-14-12-13-21(35-24)17-31-19-23(29)26(30)37/h12-14,18,20,23,25,31H,2-11,15-17,19,29H2,1H3,(H2,30,37)(H,32,34)(H,33,38)(H,36,39)/t23?,25-/m0/s1. The molecule has 2 atom stereocenters. The molecule has 0 aliphatic carbocycles. The molecule has 8 N–H and O–H groups in total. The Morgan fingerprint density at radius 3 is 2.33 bits per heavy atom. The number of carbonyl (C=O) groups excluding carboxylic acids is 3. The Morgan fingerprint density at radius 1 is 1.00 bits per heavy atom. The molecular formula is C28H46N8O3. The number of rotatable bonds is 21. The van der Waals surface area contributed by atoms with Gasteiger partial charge in [-0.25, -0.2) is 9.97 Å². The number of hydrogen-bond donors (Lipinski definition) is 6. The molecule has 0 bridgehead atoms. The van der Waals surface area contributed by atoms with Crippen LogP contribution in [0.15, 0.2) is 30.7 Å². The van der Waals surface area contributed by atoms with Crippen LogP contribution in [0.1, 0.15) is 93.0 Å². The summed E-state index contributed by atoms with van der Waals surface area (Å²) in [6, 6.07) is 3.46. The van der Waals surface area contributed by atoms with Gasteiger partial charge in [0.15, 0.2) is 0 Å². The number of aromatic nitrogens is 3. The second-order valence-electron chi connectivity index (χ2n) is 9.93. The molecule has 1 unspecified atom stereocenters. The van der Waals surface area contributed by atoms with Crippen molar-refractivity contribution in [2.24, 2.45) is 11.5 Å². The van der Waals surface area contributed by atoms with E-state index in [1.54, 1.807) is 24.4 Å². The van der Waals surface area contributed by atoms with Gasteiger partial charge in [-0.1, -0.05) is 70.8 Å². The lowest BCUT2D eigenvalue weighted by atomic mass is 10.1. The maximum absolute atomic E-state index is 13.0. The fraction of sp³-hybridized carbons (Fsp3) is 0.607. The van der Waals surface area contributed by atoms with Gasteiger partial charge < -0.3 is 32.4 Å². The second kappa shape index (κ2) is 18.9. The number of nitrogens with two attached hydrogens (primary N) is 2. The zero-order valence-electron chi connectivity index (χ0n) is 23.2. The zero-order valence-corrected chi connectivity index (χ0v) is 23.2. The van der Waals surface area contributed by atoms with E-state index in [0.29, 0.717) is 18.8 Å². The van der Waals surface area contributed by atoms with Gasteiger partial charge >= 0.3 is 0 Å². The van der Waals surface area contributed by atoms with Crippen LogP contribution in [0.5, 0.6) is 0 Å². The molecule has 0 aliphatic heterocycles. The van der Waals surface area contributed by atoms with Crippen LogP contribution in [0.2, 0.25) is 0 Å². The van der Waals surface area contributed by atoms with Gasteiger partial charge in [-0.2, -0.15) is 0 Å². The molecule has 2 heterocycles. The van der Waals surface area contributed by atoms with E-state index in [9.17, 15) is 14.4 Å². The lowest BCUT2D eigenvalue weighted by Crippen LogP contribution is -2.48. The van der Waals surface area contributed by atoms with Crippen LogP contribution in [-0.4, -0.2) is 57.8 Å². The van der Waals surface area contributed by atoms with Crippen LogP contribution >= 0.6 is 0 Å². The van der Waals surface area contributed by atoms with Gasteiger partial charge in [0.05, 0.1) is 18.1 Å². The van der Waals surface area contributed by atoms with Gasteiger partial charge in [-0.05, 0) is 18.6 Å². The molecule has 2 aromatic rings. The first-order valence-corrected chi connectivity index (χ1v) is 14.2. The highest BCUT2D eigenvalue weighted by molar-refractivity contribution is 5.96. The predicted octanol–water partition coefficient (Wildman–Crippen LogP) is 2.09. The van der Waals surface area contributed by atoms with Crippen molar-refractivity contribution < 1.29 is 14.4 Å². The van der Waals surface area contributed by atoms with E-state index in [1.807, 2.05) is 0 Å². The molecule has 39 heavy (non-hydrogen) atoms. The maximum Gasteiger partial charge on any atom is 0.270 e. The summed E-state index contributed by atoms with van der Waals surface area (Å²) in [5.41, 5.74) is 12.3. The lowest BCUT2D eigenvalue weighted by molar-refractivity contribution is -0.123. The minimum absolute atomic E-state index is 0.186. The molecule has 0 aliphatic rings. The molecule has 0 radical (unpaired) electrons. The fourth-order valence-corrected chi connectivity index (χ4v) is 4.17. The number of nitrogens with zero attached hydrogens (tertiary/aromatic N) is 2. The summed E-state index contributed by atoms with van der Waals surface area (Å²) < 4.78 is 0. The number of nitrogens with one attached hydrogen (secondary N) is 4. The fourth-order valence-electron chi connectivity index (χ4n) is 4.17. The van der Waals surface area contributed by atoms with Crippen molar-refractivity contribution in [2.45, 2.75) is 96.2 Å². The van der Waals surface area contributed by atoms with E-state index in [0.717, 1.165) is 18.5 Å². The number of amides is 3. The average Bonchev–Trinajstić information content (AvgIpc) is 3.44. The van der Waals surface area contributed by atoms with E-state index in [2.05, 4.69) is 37.8 Å². The van der Waals surface area contributed by atoms with E-state index < -0.39 is 23.9 Å². The summed E-state index contributed by atoms with van der Waals surface area (Å²) in [7, 11) is 0.